The molecular weight excluding hydrogens is 349 g/mol. The van der Waals surface area contributed by atoms with E-state index >= 15 is 0 Å². The van der Waals surface area contributed by atoms with Crippen LogP contribution >= 0.6 is 0 Å². The number of pyridine rings is 1. The molecule has 0 aliphatic heterocycles. The fourth-order valence-electron chi connectivity index (χ4n) is 1.47. The van der Waals surface area contributed by atoms with E-state index in [0.717, 1.165) is 6.07 Å². The van der Waals surface area contributed by atoms with Crippen molar-refractivity contribution in [2.75, 3.05) is 5.32 Å². The zero-order chi connectivity index (χ0) is 18.9. The third-order valence-corrected chi connectivity index (χ3v) is 4.66. The van der Waals surface area contributed by atoms with Gasteiger partial charge < -0.3 is 9.50 Å². The summed E-state index contributed by atoms with van der Waals surface area (Å²) in [5.74, 6) is -1.02. The zero-order valence-electron chi connectivity index (χ0n) is 13.9. The van der Waals surface area contributed by atoms with Crippen LogP contribution in [0.4, 0.5) is 19.0 Å². The normalized spacial score (nSPS) is 12.8. The molecule has 0 aliphatic carbocycles. The number of nitrogens with one attached hydrogen (secondary N) is 1. The summed E-state index contributed by atoms with van der Waals surface area (Å²) in [6.07, 6.45) is 0.523. The molecule has 0 bridgehead atoms. The lowest BCUT2D eigenvalue weighted by Crippen LogP contribution is -2.31. The molecule has 0 saturated heterocycles. The summed E-state index contributed by atoms with van der Waals surface area (Å²) in [5.41, 5.74) is -5.92. The average molecular weight is 368 g/mol. The van der Waals surface area contributed by atoms with Gasteiger partial charge in [-0.05, 0) is 20.3 Å². The van der Waals surface area contributed by atoms with Crippen molar-refractivity contribution in [3.8, 4) is 5.75 Å². The highest BCUT2D eigenvalue weighted by atomic mass is 32.2. The number of rotatable bonds is 5. The van der Waals surface area contributed by atoms with Crippen molar-refractivity contribution in [2.45, 2.75) is 46.5 Å². The van der Waals surface area contributed by atoms with Gasteiger partial charge in [-0.2, -0.15) is 21.6 Å². The maximum Gasteiger partial charge on any atom is 0.534 e. The Balaban J connectivity index is 3.22. The Kier molecular flexibility index (Phi) is 5.54. The van der Waals surface area contributed by atoms with Gasteiger partial charge in [0.1, 0.15) is 5.82 Å². The molecule has 136 valence electrons. The molecule has 0 fully saturated rings. The average Bonchev–Trinajstić information content (AvgIpc) is 2.42. The highest BCUT2D eigenvalue weighted by molar-refractivity contribution is 7.88. The van der Waals surface area contributed by atoms with Gasteiger partial charge >= 0.3 is 15.6 Å². The summed E-state index contributed by atoms with van der Waals surface area (Å²) in [4.78, 5) is 16.2. The largest absolute Gasteiger partial charge is 0.534 e. The van der Waals surface area contributed by atoms with E-state index in [1.165, 1.54) is 13.8 Å². The molecule has 0 radical (unpaired) electrons. The number of halogens is 3. The number of hydrogen-bond acceptors (Lipinski definition) is 5. The minimum absolute atomic E-state index is 0.0861. The molecule has 0 spiro atoms. The van der Waals surface area contributed by atoms with E-state index in [-0.39, 0.29) is 17.1 Å². The van der Waals surface area contributed by atoms with E-state index in [4.69, 9.17) is 0 Å². The van der Waals surface area contributed by atoms with Crippen LogP contribution < -0.4 is 9.50 Å². The van der Waals surface area contributed by atoms with Crippen LogP contribution in [0, 0.1) is 19.3 Å². The summed E-state index contributed by atoms with van der Waals surface area (Å²) in [5, 5.41) is 2.46. The second-order valence-corrected chi connectivity index (χ2v) is 7.43. The molecular formula is C14H19F3N2O4S. The lowest BCUT2D eigenvalue weighted by Gasteiger charge is -2.21. The molecule has 0 saturated carbocycles. The van der Waals surface area contributed by atoms with Crippen LogP contribution in [0.25, 0.3) is 0 Å². The van der Waals surface area contributed by atoms with E-state index in [1.54, 1.807) is 20.8 Å². The van der Waals surface area contributed by atoms with Gasteiger partial charge in [-0.25, -0.2) is 4.98 Å². The lowest BCUT2D eigenvalue weighted by molar-refractivity contribution is -0.124. The maximum atomic E-state index is 12.5. The Hall–Kier alpha value is -1.84. The molecule has 10 heteroatoms. The van der Waals surface area contributed by atoms with Crippen molar-refractivity contribution in [2.24, 2.45) is 5.41 Å². The number of aryl methyl sites for hydroxylation is 1. The topological polar surface area (TPSA) is 85.4 Å². The summed E-state index contributed by atoms with van der Waals surface area (Å²) in [6.45, 7) is 8.01. The first kappa shape index (κ1) is 20.2. The smallest absolute Gasteiger partial charge is 0.376 e. The minimum Gasteiger partial charge on any atom is -0.376 e. The van der Waals surface area contributed by atoms with Crippen LogP contribution in [0.5, 0.6) is 5.75 Å². The standard InChI is InChI=1S/C14H19F3N2O4S/c1-6-13(4,5)12(20)19-11-7-10(8(2)9(3)18-11)23-24(21,22)14(15,16)17/h7H,6H2,1-5H3,(H,18,19,20). The van der Waals surface area contributed by atoms with E-state index in [0.29, 0.717) is 6.42 Å². The van der Waals surface area contributed by atoms with E-state index in [2.05, 4.69) is 14.5 Å². The fourth-order valence-corrected chi connectivity index (χ4v) is 1.97. The van der Waals surface area contributed by atoms with Crippen LogP contribution in [0.3, 0.4) is 0 Å². The van der Waals surface area contributed by atoms with Gasteiger partial charge in [-0.15, -0.1) is 0 Å². The van der Waals surface area contributed by atoms with Crippen molar-refractivity contribution in [1.29, 1.82) is 0 Å². The Morgan fingerprint density at radius 2 is 1.83 bits per heavy atom. The number of nitrogens with zero attached hydrogens (tertiary/aromatic N) is 1. The zero-order valence-corrected chi connectivity index (χ0v) is 14.7. The van der Waals surface area contributed by atoms with Crippen LogP contribution in [0.15, 0.2) is 6.07 Å². The first-order valence-corrected chi connectivity index (χ1v) is 8.42. The summed E-state index contributed by atoms with van der Waals surface area (Å²) < 4.78 is 63.9. The molecule has 0 aromatic carbocycles. The van der Waals surface area contributed by atoms with Gasteiger partial charge in [0.25, 0.3) is 0 Å². The molecule has 1 amide bonds. The SMILES string of the molecule is CCC(C)(C)C(=O)Nc1cc(OS(=O)(=O)C(F)(F)F)c(C)c(C)n1. The van der Waals surface area contributed by atoms with Gasteiger partial charge in [-0.3, -0.25) is 4.79 Å². The van der Waals surface area contributed by atoms with Crippen molar-refractivity contribution in [1.82, 2.24) is 4.98 Å². The Morgan fingerprint density at radius 3 is 2.29 bits per heavy atom. The predicted molar refractivity (Wildman–Crippen MR) is 82.0 cm³/mol. The van der Waals surface area contributed by atoms with E-state index < -0.39 is 32.7 Å². The van der Waals surface area contributed by atoms with Crippen molar-refractivity contribution in [3.05, 3.63) is 17.3 Å². The third-order valence-electron chi connectivity index (χ3n) is 3.69. The van der Waals surface area contributed by atoms with Crippen molar-refractivity contribution >= 4 is 21.8 Å². The number of carbonyl (C=O) groups excluding carboxylic acids is 1. The molecule has 0 aliphatic rings. The monoisotopic (exact) mass is 368 g/mol. The van der Waals surface area contributed by atoms with Crippen LogP contribution in [0.2, 0.25) is 0 Å². The Morgan fingerprint density at radius 1 is 1.29 bits per heavy atom. The maximum absolute atomic E-state index is 12.5. The second kappa shape index (κ2) is 6.58. The molecule has 24 heavy (non-hydrogen) atoms. The molecule has 1 heterocycles. The predicted octanol–water partition coefficient (Wildman–Crippen LogP) is 3.30. The van der Waals surface area contributed by atoms with Gasteiger partial charge in [0.2, 0.25) is 5.91 Å². The first-order chi connectivity index (χ1) is 10.7. The summed E-state index contributed by atoms with van der Waals surface area (Å²) >= 11 is 0. The summed E-state index contributed by atoms with van der Waals surface area (Å²) in [6, 6.07) is 0.954. The Labute approximate surface area is 138 Å². The van der Waals surface area contributed by atoms with Crippen LogP contribution in [0.1, 0.15) is 38.4 Å². The van der Waals surface area contributed by atoms with Gasteiger partial charge in [0.05, 0.1) is 0 Å². The van der Waals surface area contributed by atoms with Gasteiger partial charge in [0.15, 0.2) is 5.75 Å². The molecule has 0 atom stereocenters. The molecule has 1 N–H and O–H groups in total. The number of anilines is 1. The van der Waals surface area contributed by atoms with Gasteiger partial charge in [-0.1, -0.05) is 20.8 Å². The molecule has 1 rings (SSSR count). The lowest BCUT2D eigenvalue weighted by atomic mass is 9.89. The second-order valence-electron chi connectivity index (χ2n) is 5.89. The van der Waals surface area contributed by atoms with Crippen molar-refractivity contribution < 1.29 is 30.6 Å². The number of aromatic nitrogens is 1. The number of amides is 1. The minimum atomic E-state index is -5.81. The molecule has 1 aromatic heterocycles. The van der Waals surface area contributed by atoms with Crippen LogP contribution in [-0.4, -0.2) is 24.8 Å². The quantitative estimate of drug-likeness (QED) is 0.637. The fraction of sp³-hybridized carbons (Fsp3) is 0.571. The highest BCUT2D eigenvalue weighted by Crippen LogP contribution is 2.31. The highest BCUT2D eigenvalue weighted by Gasteiger charge is 2.48. The van der Waals surface area contributed by atoms with Crippen molar-refractivity contribution in [3.63, 3.8) is 0 Å². The molecule has 0 unspecified atom stereocenters. The third kappa shape index (κ3) is 4.37. The van der Waals surface area contributed by atoms with E-state index in [1.807, 2.05) is 0 Å². The first-order valence-electron chi connectivity index (χ1n) is 7.01. The Bertz CT molecular complexity index is 743. The number of hydrogen-bond donors (Lipinski definition) is 1. The molecule has 1 aromatic rings. The number of alkyl halides is 3. The van der Waals surface area contributed by atoms with Crippen LogP contribution in [-0.2, 0) is 14.9 Å². The molecule has 6 nitrogen and oxygen atoms in total. The number of carbonyl (C=O) groups is 1. The van der Waals surface area contributed by atoms with E-state index in [9.17, 15) is 26.4 Å². The van der Waals surface area contributed by atoms with Gasteiger partial charge in [0, 0.05) is 22.7 Å². The summed E-state index contributed by atoms with van der Waals surface area (Å²) in [7, 11) is -5.81.